The van der Waals surface area contributed by atoms with Crippen LogP contribution in [0.5, 0.6) is 11.5 Å². The molecule has 0 saturated carbocycles. The van der Waals surface area contributed by atoms with Crippen LogP contribution < -0.4 is 9.47 Å². The molecular formula is C20H16ClNO5S. The number of aromatic nitrogens is 1. The normalized spacial score (nSPS) is 10.4. The van der Waals surface area contributed by atoms with Crippen LogP contribution in [-0.4, -0.2) is 31.1 Å². The molecule has 1 heterocycles. The molecule has 28 heavy (non-hydrogen) atoms. The first kappa shape index (κ1) is 19.9. The highest BCUT2D eigenvalue weighted by atomic mass is 35.5. The monoisotopic (exact) mass is 417 g/mol. The van der Waals surface area contributed by atoms with Crippen molar-refractivity contribution in [1.82, 2.24) is 4.98 Å². The van der Waals surface area contributed by atoms with Crippen LogP contribution in [-0.2, 0) is 16.0 Å². The van der Waals surface area contributed by atoms with Gasteiger partial charge in [0.15, 0.2) is 11.5 Å². The molecule has 2 aromatic carbocycles. The minimum absolute atomic E-state index is 0.00102. The Hall–Kier alpha value is -2.90. The van der Waals surface area contributed by atoms with Gasteiger partial charge < -0.3 is 14.2 Å². The fraction of sp³-hybridized carbons (Fsp3) is 0.150. The Bertz CT molecular complexity index is 1020. The topological polar surface area (TPSA) is 74.7 Å². The Morgan fingerprint density at radius 2 is 1.93 bits per heavy atom. The number of hydrogen-bond donors (Lipinski definition) is 0. The molecule has 0 aliphatic heterocycles. The lowest BCUT2D eigenvalue weighted by atomic mass is 10.2. The van der Waals surface area contributed by atoms with Crippen molar-refractivity contribution in [2.45, 2.75) is 6.42 Å². The number of rotatable bonds is 6. The second-order valence-corrected chi connectivity index (χ2v) is 6.96. The molecule has 8 heteroatoms. The van der Waals surface area contributed by atoms with Crippen molar-refractivity contribution in [1.29, 1.82) is 0 Å². The summed E-state index contributed by atoms with van der Waals surface area (Å²) in [6.45, 7) is 0. The van der Waals surface area contributed by atoms with Gasteiger partial charge in [-0.05, 0) is 30.3 Å². The van der Waals surface area contributed by atoms with E-state index >= 15 is 0 Å². The average molecular weight is 418 g/mol. The predicted octanol–water partition coefficient (Wildman–Crippen LogP) is 4.41. The lowest BCUT2D eigenvalue weighted by Gasteiger charge is -2.10. The van der Waals surface area contributed by atoms with Gasteiger partial charge in [0.05, 0.1) is 31.9 Å². The predicted molar refractivity (Wildman–Crippen MR) is 106 cm³/mol. The van der Waals surface area contributed by atoms with Crippen LogP contribution >= 0.6 is 22.9 Å². The van der Waals surface area contributed by atoms with Crippen molar-refractivity contribution in [3.63, 3.8) is 0 Å². The van der Waals surface area contributed by atoms with Gasteiger partial charge in [-0.25, -0.2) is 9.78 Å². The highest BCUT2D eigenvalue weighted by molar-refractivity contribution is 7.13. The standard InChI is InChI=1S/C20H16ClNO5S/c1-25-17-9-13(20(24)26-2)6-7-16(17)27-18(23)10-15-11-28-19(22-15)12-4-3-5-14(21)8-12/h3-9,11H,10H2,1-2H3. The number of esters is 2. The zero-order chi connectivity index (χ0) is 20.1. The summed E-state index contributed by atoms with van der Waals surface area (Å²) in [4.78, 5) is 28.4. The van der Waals surface area contributed by atoms with Crippen LogP contribution in [0.2, 0.25) is 5.02 Å². The molecule has 0 radical (unpaired) electrons. The van der Waals surface area contributed by atoms with E-state index in [4.69, 9.17) is 21.1 Å². The molecule has 3 aromatic rings. The summed E-state index contributed by atoms with van der Waals surface area (Å²) in [6.07, 6.45) is -0.00102. The molecule has 0 fully saturated rings. The Labute approximate surface area is 170 Å². The largest absolute Gasteiger partial charge is 0.493 e. The molecule has 3 rings (SSSR count). The third kappa shape index (κ3) is 4.68. The molecule has 1 aromatic heterocycles. The first-order valence-electron chi connectivity index (χ1n) is 8.17. The maximum atomic E-state index is 12.3. The number of hydrogen-bond acceptors (Lipinski definition) is 7. The second kappa shape index (κ2) is 8.86. The number of carbonyl (C=O) groups is 2. The van der Waals surface area contributed by atoms with Gasteiger partial charge in [-0.3, -0.25) is 4.79 Å². The first-order valence-corrected chi connectivity index (χ1v) is 9.43. The number of thiazole rings is 1. The lowest BCUT2D eigenvalue weighted by Crippen LogP contribution is -2.12. The van der Waals surface area contributed by atoms with Gasteiger partial charge in [0.25, 0.3) is 0 Å². The maximum Gasteiger partial charge on any atom is 0.337 e. The van der Waals surface area contributed by atoms with Gasteiger partial charge in [-0.2, -0.15) is 0 Å². The zero-order valence-corrected chi connectivity index (χ0v) is 16.7. The third-order valence-electron chi connectivity index (χ3n) is 3.76. The van der Waals surface area contributed by atoms with Gasteiger partial charge in [0.2, 0.25) is 0 Å². The lowest BCUT2D eigenvalue weighted by molar-refractivity contribution is -0.133. The summed E-state index contributed by atoms with van der Waals surface area (Å²) in [6, 6.07) is 11.8. The molecule has 6 nitrogen and oxygen atoms in total. The molecule has 0 atom stereocenters. The molecule has 0 bridgehead atoms. The Morgan fingerprint density at radius 3 is 2.64 bits per heavy atom. The van der Waals surface area contributed by atoms with Gasteiger partial charge in [-0.1, -0.05) is 23.7 Å². The number of methoxy groups -OCH3 is 2. The van der Waals surface area contributed by atoms with Crippen LogP contribution in [0, 0.1) is 0 Å². The third-order valence-corrected chi connectivity index (χ3v) is 4.93. The second-order valence-electron chi connectivity index (χ2n) is 5.66. The van der Waals surface area contributed by atoms with Crippen molar-refractivity contribution < 1.29 is 23.8 Å². The van der Waals surface area contributed by atoms with Crippen molar-refractivity contribution in [2.24, 2.45) is 0 Å². The van der Waals surface area contributed by atoms with E-state index in [9.17, 15) is 9.59 Å². The first-order chi connectivity index (χ1) is 13.5. The van der Waals surface area contributed by atoms with Crippen LogP contribution in [0.1, 0.15) is 16.1 Å². The minimum atomic E-state index is -0.507. The maximum absolute atomic E-state index is 12.3. The quantitative estimate of drug-likeness (QED) is 0.437. The van der Waals surface area contributed by atoms with Crippen molar-refractivity contribution in [3.05, 3.63) is 64.1 Å². The highest BCUT2D eigenvalue weighted by Gasteiger charge is 2.16. The van der Waals surface area contributed by atoms with Crippen LogP contribution in [0.3, 0.4) is 0 Å². The van der Waals surface area contributed by atoms with Crippen molar-refractivity contribution in [3.8, 4) is 22.1 Å². The van der Waals surface area contributed by atoms with Gasteiger partial charge in [0, 0.05) is 16.0 Å². The Balaban J connectivity index is 1.70. The summed E-state index contributed by atoms with van der Waals surface area (Å²) in [5.74, 6) is -0.529. The van der Waals surface area contributed by atoms with E-state index in [1.165, 1.54) is 43.8 Å². The van der Waals surface area contributed by atoms with Crippen molar-refractivity contribution in [2.75, 3.05) is 14.2 Å². The molecule has 0 spiro atoms. The van der Waals surface area contributed by atoms with Crippen molar-refractivity contribution >= 4 is 34.9 Å². The Kier molecular flexibility index (Phi) is 6.28. The zero-order valence-electron chi connectivity index (χ0n) is 15.1. The van der Waals surface area contributed by atoms with Crippen LogP contribution in [0.4, 0.5) is 0 Å². The summed E-state index contributed by atoms with van der Waals surface area (Å²) in [7, 11) is 2.71. The van der Waals surface area contributed by atoms with Crippen LogP contribution in [0.15, 0.2) is 47.8 Å². The SMILES string of the molecule is COC(=O)c1ccc(OC(=O)Cc2csc(-c3cccc(Cl)c3)n2)c(OC)c1. The summed E-state index contributed by atoms with van der Waals surface area (Å²) >= 11 is 7.43. The number of halogens is 1. The van der Waals surface area contributed by atoms with Gasteiger partial charge in [0.1, 0.15) is 5.01 Å². The summed E-state index contributed by atoms with van der Waals surface area (Å²) in [5, 5.41) is 3.19. The van der Waals surface area contributed by atoms with Crippen LogP contribution in [0.25, 0.3) is 10.6 Å². The molecule has 0 saturated heterocycles. The molecule has 0 amide bonds. The number of ether oxygens (including phenoxy) is 3. The minimum Gasteiger partial charge on any atom is -0.493 e. The summed E-state index contributed by atoms with van der Waals surface area (Å²) < 4.78 is 15.2. The summed E-state index contributed by atoms with van der Waals surface area (Å²) in [5.41, 5.74) is 1.78. The van der Waals surface area contributed by atoms with E-state index in [0.717, 1.165) is 10.6 Å². The smallest absolute Gasteiger partial charge is 0.337 e. The molecule has 144 valence electrons. The fourth-order valence-corrected chi connectivity index (χ4v) is 3.45. The highest BCUT2D eigenvalue weighted by Crippen LogP contribution is 2.29. The molecule has 0 N–H and O–H groups in total. The van der Waals surface area contributed by atoms with E-state index in [2.05, 4.69) is 9.72 Å². The van der Waals surface area contributed by atoms with E-state index in [-0.39, 0.29) is 17.9 Å². The molecule has 0 aliphatic rings. The van der Waals surface area contributed by atoms with E-state index < -0.39 is 11.9 Å². The van der Waals surface area contributed by atoms with Gasteiger partial charge >= 0.3 is 11.9 Å². The van der Waals surface area contributed by atoms with Gasteiger partial charge in [-0.15, -0.1) is 11.3 Å². The van der Waals surface area contributed by atoms with E-state index in [1.807, 2.05) is 18.2 Å². The molecule has 0 unspecified atom stereocenters. The number of carbonyl (C=O) groups excluding carboxylic acids is 2. The number of nitrogens with zero attached hydrogens (tertiary/aromatic N) is 1. The average Bonchev–Trinajstić information content (AvgIpc) is 3.16. The molecular weight excluding hydrogens is 402 g/mol. The number of benzene rings is 2. The van der Waals surface area contributed by atoms with E-state index in [1.54, 1.807) is 11.4 Å². The molecule has 0 aliphatic carbocycles. The Morgan fingerprint density at radius 1 is 1.11 bits per heavy atom. The van der Waals surface area contributed by atoms with E-state index in [0.29, 0.717) is 16.3 Å². The fourth-order valence-electron chi connectivity index (χ4n) is 2.45.